The van der Waals surface area contributed by atoms with E-state index in [0.717, 1.165) is 10.6 Å². The van der Waals surface area contributed by atoms with Gasteiger partial charge in [0, 0.05) is 12.6 Å². The third-order valence-corrected chi connectivity index (χ3v) is 4.59. The van der Waals surface area contributed by atoms with Crippen LogP contribution >= 0.6 is 11.3 Å². The Morgan fingerprint density at radius 3 is 2.65 bits per heavy atom. The van der Waals surface area contributed by atoms with Crippen LogP contribution in [0.15, 0.2) is 53.9 Å². The number of hydrogen-bond acceptors (Lipinski definition) is 5. The van der Waals surface area contributed by atoms with Crippen LogP contribution in [0, 0.1) is 0 Å². The van der Waals surface area contributed by atoms with Crippen molar-refractivity contribution in [1.82, 2.24) is 15.1 Å². The molecule has 6 nitrogen and oxygen atoms in total. The SMILES string of the molecule is CCNC(=O)[C@H](C)OC(=O)c1cc(-c2cccs2)nn1-c1ccccc1. The molecule has 1 N–H and O–H groups in total. The first-order valence-electron chi connectivity index (χ1n) is 8.28. The van der Waals surface area contributed by atoms with Gasteiger partial charge in [-0.2, -0.15) is 5.10 Å². The summed E-state index contributed by atoms with van der Waals surface area (Å²) in [6.07, 6.45) is -0.883. The van der Waals surface area contributed by atoms with Gasteiger partial charge in [-0.15, -0.1) is 11.3 Å². The van der Waals surface area contributed by atoms with Crippen molar-refractivity contribution in [2.45, 2.75) is 20.0 Å². The molecule has 2 aromatic heterocycles. The molecule has 0 saturated heterocycles. The zero-order valence-corrected chi connectivity index (χ0v) is 15.3. The van der Waals surface area contributed by atoms with Crippen molar-refractivity contribution in [3.8, 4) is 16.3 Å². The molecule has 0 fully saturated rings. The lowest BCUT2D eigenvalue weighted by atomic mass is 10.3. The Kier molecular flexibility index (Phi) is 5.48. The Balaban J connectivity index is 1.94. The molecule has 0 radical (unpaired) electrons. The highest BCUT2D eigenvalue weighted by atomic mass is 32.1. The number of likely N-dealkylation sites (N-methyl/N-ethyl adjacent to an activating group) is 1. The number of rotatable bonds is 6. The first kappa shape index (κ1) is 17.9. The highest BCUT2D eigenvalue weighted by molar-refractivity contribution is 7.13. The van der Waals surface area contributed by atoms with Gasteiger partial charge in [-0.05, 0) is 37.4 Å². The summed E-state index contributed by atoms with van der Waals surface area (Å²) in [4.78, 5) is 25.5. The zero-order valence-electron chi connectivity index (χ0n) is 14.5. The third kappa shape index (κ3) is 3.83. The van der Waals surface area contributed by atoms with Gasteiger partial charge in [0.2, 0.25) is 0 Å². The minimum Gasteiger partial charge on any atom is -0.448 e. The Labute approximate surface area is 155 Å². The summed E-state index contributed by atoms with van der Waals surface area (Å²) in [6.45, 7) is 3.84. The summed E-state index contributed by atoms with van der Waals surface area (Å²) in [5.41, 5.74) is 1.70. The van der Waals surface area contributed by atoms with Crippen LogP contribution < -0.4 is 5.32 Å². The van der Waals surface area contributed by atoms with Crippen molar-refractivity contribution in [2.24, 2.45) is 0 Å². The number of carbonyl (C=O) groups excluding carboxylic acids is 2. The molecule has 0 spiro atoms. The van der Waals surface area contributed by atoms with Crippen molar-refractivity contribution >= 4 is 23.2 Å². The van der Waals surface area contributed by atoms with Gasteiger partial charge in [0.25, 0.3) is 5.91 Å². The number of benzene rings is 1. The first-order valence-corrected chi connectivity index (χ1v) is 9.16. The fourth-order valence-electron chi connectivity index (χ4n) is 2.43. The van der Waals surface area contributed by atoms with Gasteiger partial charge in [-0.3, -0.25) is 4.79 Å². The quantitative estimate of drug-likeness (QED) is 0.677. The molecule has 1 aromatic carbocycles. The van der Waals surface area contributed by atoms with E-state index in [2.05, 4.69) is 10.4 Å². The van der Waals surface area contributed by atoms with Crippen molar-refractivity contribution in [2.75, 3.05) is 6.54 Å². The Morgan fingerprint density at radius 2 is 2.00 bits per heavy atom. The van der Waals surface area contributed by atoms with Gasteiger partial charge in [-0.1, -0.05) is 24.3 Å². The number of hydrogen-bond donors (Lipinski definition) is 1. The third-order valence-electron chi connectivity index (χ3n) is 3.70. The zero-order chi connectivity index (χ0) is 18.5. The fourth-order valence-corrected chi connectivity index (χ4v) is 3.11. The molecule has 3 rings (SSSR count). The Bertz CT molecular complexity index is 888. The van der Waals surface area contributed by atoms with Crippen LogP contribution in [0.4, 0.5) is 0 Å². The number of nitrogens with one attached hydrogen (secondary N) is 1. The maximum Gasteiger partial charge on any atom is 0.357 e. The molecule has 0 bridgehead atoms. The summed E-state index contributed by atoms with van der Waals surface area (Å²) < 4.78 is 6.88. The van der Waals surface area contributed by atoms with Crippen molar-refractivity contribution in [3.05, 3.63) is 59.6 Å². The fraction of sp³-hybridized carbons (Fsp3) is 0.211. The number of aromatic nitrogens is 2. The van der Waals surface area contributed by atoms with E-state index in [0.29, 0.717) is 12.2 Å². The first-order chi connectivity index (χ1) is 12.6. The van der Waals surface area contributed by atoms with Crippen molar-refractivity contribution in [1.29, 1.82) is 0 Å². The average molecular weight is 369 g/mol. The van der Waals surface area contributed by atoms with Crippen LogP contribution in [0.1, 0.15) is 24.3 Å². The van der Waals surface area contributed by atoms with Gasteiger partial charge in [-0.25, -0.2) is 9.48 Å². The van der Waals surface area contributed by atoms with Crippen LogP contribution in [-0.2, 0) is 9.53 Å². The van der Waals surface area contributed by atoms with E-state index >= 15 is 0 Å². The van der Waals surface area contributed by atoms with E-state index in [-0.39, 0.29) is 11.6 Å². The molecule has 26 heavy (non-hydrogen) atoms. The van der Waals surface area contributed by atoms with Crippen molar-refractivity contribution < 1.29 is 14.3 Å². The molecule has 0 aliphatic carbocycles. The lowest BCUT2D eigenvalue weighted by molar-refractivity contribution is -0.128. The summed E-state index contributed by atoms with van der Waals surface area (Å²) >= 11 is 1.54. The number of amides is 1. The second kappa shape index (κ2) is 7.97. The average Bonchev–Trinajstić information content (AvgIpc) is 3.32. The molecule has 0 saturated carbocycles. The summed E-state index contributed by atoms with van der Waals surface area (Å²) in [5, 5.41) is 9.15. The van der Waals surface area contributed by atoms with Crippen LogP contribution in [0.2, 0.25) is 0 Å². The standard InChI is InChI=1S/C19H19N3O3S/c1-3-20-18(23)13(2)25-19(24)16-12-15(17-10-7-11-26-17)21-22(16)14-8-5-4-6-9-14/h4-13H,3H2,1-2H3,(H,20,23)/t13-/m0/s1. The largest absolute Gasteiger partial charge is 0.448 e. The van der Waals surface area contributed by atoms with E-state index in [1.165, 1.54) is 11.3 Å². The van der Waals surface area contributed by atoms with Crippen molar-refractivity contribution in [3.63, 3.8) is 0 Å². The molecule has 1 atom stereocenters. The maximum absolute atomic E-state index is 12.7. The summed E-state index contributed by atoms with van der Waals surface area (Å²) in [5.74, 6) is -0.923. The minimum absolute atomic E-state index is 0.274. The topological polar surface area (TPSA) is 73.2 Å². The molecule has 0 aliphatic heterocycles. The number of carbonyl (C=O) groups is 2. The van der Waals surface area contributed by atoms with E-state index < -0.39 is 12.1 Å². The van der Waals surface area contributed by atoms with Gasteiger partial charge in [0.15, 0.2) is 11.8 Å². The second-order valence-corrected chi connectivity index (χ2v) is 6.53. The summed E-state index contributed by atoms with van der Waals surface area (Å²) in [6, 6.07) is 14.9. The number of thiophene rings is 1. The maximum atomic E-state index is 12.7. The highest BCUT2D eigenvalue weighted by Crippen LogP contribution is 2.26. The van der Waals surface area contributed by atoms with E-state index in [4.69, 9.17) is 4.74 Å². The van der Waals surface area contributed by atoms with Crippen LogP contribution in [0.3, 0.4) is 0 Å². The van der Waals surface area contributed by atoms with Crippen LogP contribution in [0.25, 0.3) is 16.3 Å². The molecule has 0 aliphatic rings. The molecular weight excluding hydrogens is 350 g/mol. The number of ether oxygens (including phenoxy) is 1. The predicted octanol–water partition coefficient (Wildman–Crippen LogP) is 3.28. The normalized spacial score (nSPS) is 11.8. The van der Waals surface area contributed by atoms with Crippen LogP contribution in [-0.4, -0.2) is 34.3 Å². The molecule has 2 heterocycles. The monoisotopic (exact) mass is 369 g/mol. The van der Waals surface area contributed by atoms with Gasteiger partial charge in [0.1, 0.15) is 5.69 Å². The summed E-state index contributed by atoms with van der Waals surface area (Å²) in [7, 11) is 0. The molecule has 0 unspecified atom stereocenters. The molecule has 1 amide bonds. The van der Waals surface area contributed by atoms with E-state index in [1.54, 1.807) is 17.7 Å². The molecule has 7 heteroatoms. The number of esters is 1. The lowest BCUT2D eigenvalue weighted by Crippen LogP contribution is -2.35. The van der Waals surface area contributed by atoms with E-state index in [9.17, 15) is 9.59 Å². The molecular formula is C19H19N3O3S. The number of nitrogens with zero attached hydrogens (tertiary/aromatic N) is 2. The number of para-hydroxylation sites is 1. The smallest absolute Gasteiger partial charge is 0.357 e. The lowest BCUT2D eigenvalue weighted by Gasteiger charge is -2.13. The molecule has 134 valence electrons. The predicted molar refractivity (Wildman–Crippen MR) is 100 cm³/mol. The van der Waals surface area contributed by atoms with Gasteiger partial charge >= 0.3 is 5.97 Å². The highest BCUT2D eigenvalue weighted by Gasteiger charge is 2.23. The van der Waals surface area contributed by atoms with Gasteiger partial charge < -0.3 is 10.1 Å². The van der Waals surface area contributed by atoms with Gasteiger partial charge in [0.05, 0.1) is 10.6 Å². The van der Waals surface area contributed by atoms with E-state index in [1.807, 2.05) is 54.8 Å². The molecule has 3 aromatic rings. The second-order valence-electron chi connectivity index (χ2n) is 5.58. The Morgan fingerprint density at radius 1 is 1.23 bits per heavy atom. The minimum atomic E-state index is -0.883. The van der Waals surface area contributed by atoms with Crippen LogP contribution in [0.5, 0.6) is 0 Å². The Hall–Kier alpha value is -2.93.